The van der Waals surface area contributed by atoms with E-state index in [1.165, 1.54) is 12.0 Å². The Labute approximate surface area is 222 Å². The van der Waals surface area contributed by atoms with Crippen LogP contribution in [0.1, 0.15) is 50.5 Å². The molecule has 2 aliphatic heterocycles. The Bertz CT molecular complexity index is 1340. The number of hydrogen-bond acceptors (Lipinski definition) is 9. The van der Waals surface area contributed by atoms with Gasteiger partial charge in [-0.05, 0) is 61.7 Å². The molecule has 1 N–H and O–H groups in total. The first-order valence-corrected chi connectivity index (χ1v) is 13.3. The molecule has 1 unspecified atom stereocenters. The molecule has 0 radical (unpaired) electrons. The van der Waals surface area contributed by atoms with E-state index in [9.17, 15) is 5.11 Å². The van der Waals surface area contributed by atoms with Crippen LogP contribution >= 0.6 is 0 Å². The van der Waals surface area contributed by atoms with Crippen molar-refractivity contribution in [2.45, 2.75) is 52.1 Å². The van der Waals surface area contributed by atoms with Crippen LogP contribution in [0.5, 0.6) is 17.2 Å². The Balaban J connectivity index is 0.000000937. The van der Waals surface area contributed by atoms with Gasteiger partial charge in [0.2, 0.25) is 12.7 Å². The summed E-state index contributed by atoms with van der Waals surface area (Å²) >= 11 is 0. The largest absolute Gasteiger partial charge is 0.490 e. The zero-order chi connectivity index (χ0) is 26.5. The zero-order valence-corrected chi connectivity index (χ0v) is 22.2. The number of likely N-dealkylation sites (tertiary alicyclic amines) is 1. The standard InChI is InChI=1S/C26H27N3O6.C3H8/c1-16-27-28-26(34-16)25-12-20-21(3-2-4-22(20)35-25)31-14-19(30)13-29-9-7-17(8-10-29)18-5-6-23-24(11-18)33-15-32-23;1-3-2/h2-6,11-12,17,19,30H,7-10,13-15H2,1H3;3H2,1-2H3. The van der Waals surface area contributed by atoms with Crippen molar-refractivity contribution in [3.8, 4) is 28.9 Å². The first kappa shape index (κ1) is 26.1. The monoisotopic (exact) mass is 521 g/mol. The molecule has 0 bridgehead atoms. The number of furan rings is 1. The average molecular weight is 522 g/mol. The van der Waals surface area contributed by atoms with Gasteiger partial charge in [0.15, 0.2) is 17.3 Å². The Hall–Kier alpha value is -3.56. The molecule has 0 amide bonds. The van der Waals surface area contributed by atoms with E-state index in [1.807, 2.05) is 30.3 Å². The Morgan fingerprint density at radius 3 is 2.58 bits per heavy atom. The first-order valence-electron chi connectivity index (χ1n) is 13.3. The fraction of sp³-hybridized carbons (Fsp3) is 0.448. The van der Waals surface area contributed by atoms with Gasteiger partial charge in [0.1, 0.15) is 24.0 Å². The Kier molecular flexibility index (Phi) is 8.14. The summed E-state index contributed by atoms with van der Waals surface area (Å²) in [5, 5.41) is 19.3. The second-order valence-electron chi connectivity index (χ2n) is 9.76. The van der Waals surface area contributed by atoms with Crippen molar-refractivity contribution in [3.63, 3.8) is 0 Å². The van der Waals surface area contributed by atoms with Gasteiger partial charge in [0.05, 0.1) is 5.39 Å². The molecule has 2 aliphatic rings. The molecular weight excluding hydrogens is 486 g/mol. The summed E-state index contributed by atoms with van der Waals surface area (Å²) in [7, 11) is 0. The molecule has 1 fully saturated rings. The van der Waals surface area contributed by atoms with Gasteiger partial charge in [-0.2, -0.15) is 0 Å². The van der Waals surface area contributed by atoms with Gasteiger partial charge in [-0.1, -0.05) is 32.4 Å². The SMILES string of the molecule is CCC.Cc1nnc(-c2cc3c(OCC(O)CN4CCC(c5ccc6c(c5)OCO6)CC4)cccc3o2)o1. The fourth-order valence-corrected chi connectivity index (χ4v) is 4.81. The maximum atomic E-state index is 10.7. The van der Waals surface area contributed by atoms with Crippen LogP contribution in [0.2, 0.25) is 0 Å². The number of benzene rings is 2. The summed E-state index contributed by atoms with van der Waals surface area (Å²) in [4.78, 5) is 2.30. The highest BCUT2D eigenvalue weighted by molar-refractivity contribution is 5.87. The minimum atomic E-state index is -0.600. The molecule has 1 atom stereocenters. The lowest BCUT2D eigenvalue weighted by Gasteiger charge is -2.33. The van der Waals surface area contributed by atoms with Crippen LogP contribution in [-0.4, -0.2) is 59.3 Å². The number of fused-ring (bicyclic) bond motifs is 2. The van der Waals surface area contributed by atoms with Crippen LogP contribution in [0.4, 0.5) is 0 Å². The molecule has 9 nitrogen and oxygen atoms in total. The number of rotatable bonds is 7. The molecule has 38 heavy (non-hydrogen) atoms. The number of aliphatic hydroxyl groups is 1. The highest BCUT2D eigenvalue weighted by Crippen LogP contribution is 2.37. The second kappa shape index (κ2) is 11.9. The van der Waals surface area contributed by atoms with Crippen molar-refractivity contribution < 1.29 is 28.2 Å². The number of ether oxygens (including phenoxy) is 3. The topological polar surface area (TPSA) is 103 Å². The van der Waals surface area contributed by atoms with Gasteiger partial charge in [-0.25, -0.2) is 0 Å². The van der Waals surface area contributed by atoms with E-state index in [2.05, 4.69) is 41.1 Å². The molecule has 6 rings (SSSR count). The molecule has 4 aromatic rings. The lowest BCUT2D eigenvalue weighted by atomic mass is 9.89. The molecule has 9 heteroatoms. The average Bonchev–Trinajstić information content (AvgIpc) is 3.67. The van der Waals surface area contributed by atoms with Gasteiger partial charge < -0.3 is 33.1 Å². The number of β-amino-alcohol motifs (C(OH)–C–C–N with tert-alkyl or cyclic N) is 1. The number of aryl methyl sites for hydroxylation is 1. The van der Waals surface area contributed by atoms with E-state index in [0.717, 1.165) is 42.8 Å². The quantitative estimate of drug-likeness (QED) is 0.335. The fourth-order valence-electron chi connectivity index (χ4n) is 4.81. The van der Waals surface area contributed by atoms with Crippen molar-refractivity contribution in [2.24, 2.45) is 0 Å². The number of nitrogens with zero attached hydrogens (tertiary/aromatic N) is 3. The van der Waals surface area contributed by atoms with Crippen LogP contribution in [-0.2, 0) is 0 Å². The minimum absolute atomic E-state index is 0.196. The molecule has 1 saturated heterocycles. The predicted molar refractivity (Wildman–Crippen MR) is 143 cm³/mol. The van der Waals surface area contributed by atoms with Gasteiger partial charge in [0.25, 0.3) is 5.89 Å². The molecule has 202 valence electrons. The smallest absolute Gasteiger partial charge is 0.283 e. The normalized spacial score (nSPS) is 16.3. The third kappa shape index (κ3) is 5.95. The van der Waals surface area contributed by atoms with E-state index in [1.54, 1.807) is 6.92 Å². The minimum Gasteiger partial charge on any atom is -0.490 e. The van der Waals surface area contributed by atoms with E-state index in [4.69, 9.17) is 23.0 Å². The van der Waals surface area contributed by atoms with Crippen molar-refractivity contribution in [1.82, 2.24) is 15.1 Å². The summed E-state index contributed by atoms with van der Waals surface area (Å²) in [5.41, 5.74) is 1.95. The van der Waals surface area contributed by atoms with Crippen LogP contribution < -0.4 is 14.2 Å². The number of aromatic nitrogens is 2. The zero-order valence-electron chi connectivity index (χ0n) is 22.2. The number of aliphatic hydroxyl groups excluding tert-OH is 1. The number of piperidine rings is 1. The summed E-state index contributed by atoms with van der Waals surface area (Å²) in [5.74, 6) is 4.08. The van der Waals surface area contributed by atoms with E-state index in [0.29, 0.717) is 48.1 Å². The third-order valence-corrected chi connectivity index (χ3v) is 6.61. The highest BCUT2D eigenvalue weighted by atomic mass is 16.7. The molecule has 0 saturated carbocycles. The summed E-state index contributed by atoms with van der Waals surface area (Å²) < 4.78 is 28.2. The maximum Gasteiger partial charge on any atom is 0.283 e. The third-order valence-electron chi connectivity index (χ3n) is 6.61. The lowest BCUT2D eigenvalue weighted by Crippen LogP contribution is -2.40. The lowest BCUT2D eigenvalue weighted by molar-refractivity contribution is 0.0599. The molecule has 0 spiro atoms. The molecule has 2 aromatic carbocycles. The summed E-state index contributed by atoms with van der Waals surface area (Å²) in [6.07, 6.45) is 2.73. The summed E-state index contributed by atoms with van der Waals surface area (Å²) in [6.45, 7) is 8.91. The van der Waals surface area contributed by atoms with Crippen molar-refractivity contribution in [3.05, 3.63) is 53.9 Å². The predicted octanol–water partition coefficient (Wildman–Crippen LogP) is 5.56. The molecule has 2 aromatic heterocycles. The van der Waals surface area contributed by atoms with Gasteiger partial charge in [-0.3, -0.25) is 0 Å². The van der Waals surface area contributed by atoms with Crippen LogP contribution in [0, 0.1) is 6.92 Å². The van der Waals surface area contributed by atoms with Crippen LogP contribution in [0.3, 0.4) is 0 Å². The second-order valence-corrected chi connectivity index (χ2v) is 9.76. The van der Waals surface area contributed by atoms with Gasteiger partial charge in [0, 0.05) is 19.5 Å². The molecule has 0 aliphatic carbocycles. The van der Waals surface area contributed by atoms with Crippen molar-refractivity contribution >= 4 is 11.0 Å². The van der Waals surface area contributed by atoms with Crippen LogP contribution in [0.25, 0.3) is 22.6 Å². The first-order chi connectivity index (χ1) is 18.5. The van der Waals surface area contributed by atoms with Gasteiger partial charge in [-0.15, -0.1) is 10.2 Å². The number of hydrogen-bond donors (Lipinski definition) is 1. The van der Waals surface area contributed by atoms with Crippen molar-refractivity contribution in [2.75, 3.05) is 33.0 Å². The Morgan fingerprint density at radius 1 is 1.03 bits per heavy atom. The highest BCUT2D eigenvalue weighted by Gasteiger charge is 2.24. The molecule has 4 heterocycles. The molecular formula is C29H35N3O6. The van der Waals surface area contributed by atoms with Crippen molar-refractivity contribution in [1.29, 1.82) is 0 Å². The van der Waals surface area contributed by atoms with E-state index >= 15 is 0 Å². The summed E-state index contributed by atoms with van der Waals surface area (Å²) in [6, 6.07) is 13.6. The Morgan fingerprint density at radius 2 is 1.82 bits per heavy atom. The van der Waals surface area contributed by atoms with E-state index in [-0.39, 0.29) is 6.61 Å². The maximum absolute atomic E-state index is 10.7. The van der Waals surface area contributed by atoms with Crippen LogP contribution in [0.15, 0.2) is 51.3 Å². The van der Waals surface area contributed by atoms with E-state index < -0.39 is 6.10 Å². The van der Waals surface area contributed by atoms with Gasteiger partial charge >= 0.3 is 0 Å².